The minimum absolute atomic E-state index is 1.01. The zero-order chi connectivity index (χ0) is 13.4. The second-order valence-corrected chi connectivity index (χ2v) is 3.08. The lowest BCUT2D eigenvalue weighted by molar-refractivity contribution is -0.103. The molecule has 0 saturated carbocycles. The third-order valence-electron chi connectivity index (χ3n) is 2.09. The van der Waals surface area contributed by atoms with Gasteiger partial charge in [0.1, 0.15) is 0 Å². The van der Waals surface area contributed by atoms with Gasteiger partial charge < -0.3 is 0 Å². The summed E-state index contributed by atoms with van der Waals surface area (Å²) in [7, 11) is 0. The lowest BCUT2D eigenvalue weighted by Crippen LogP contribution is -2.16. The molecule has 0 N–H and O–H groups in total. The van der Waals surface area contributed by atoms with Gasteiger partial charge in [0.2, 0.25) is 5.70 Å². The molecule has 17 heavy (non-hydrogen) atoms. The monoisotopic (exact) mass is 252 g/mol. The van der Waals surface area contributed by atoms with Crippen molar-refractivity contribution in [3.05, 3.63) is 33.8 Å². The van der Waals surface area contributed by atoms with Crippen LogP contribution in [-0.4, -0.2) is 12.4 Å². The maximum Gasteiger partial charge on any atom is 0.413 e. The zero-order valence-electron chi connectivity index (χ0n) is 7.87. The predicted octanol–water partition coefficient (Wildman–Crippen LogP) is 3.51. The van der Waals surface area contributed by atoms with Gasteiger partial charge in [-0.1, -0.05) is 0 Å². The van der Waals surface area contributed by atoms with Crippen molar-refractivity contribution in [1.82, 2.24) is 0 Å². The number of allylic oxidation sites excluding steroid dienone is 3. The van der Waals surface area contributed by atoms with E-state index in [1.54, 1.807) is 0 Å². The molecule has 1 rings (SSSR count). The fourth-order valence-corrected chi connectivity index (χ4v) is 1.36. The van der Waals surface area contributed by atoms with Crippen molar-refractivity contribution in [3.63, 3.8) is 0 Å². The first-order chi connectivity index (χ1) is 7.62. The Kier molecular flexibility index (Phi) is 2.94. The second-order valence-electron chi connectivity index (χ2n) is 3.08. The molecule has 8 heteroatoms. The van der Waals surface area contributed by atoms with Crippen LogP contribution in [0.15, 0.2) is 22.4 Å². The molecule has 0 unspecified atom stereocenters. The maximum atomic E-state index is 12.4. The van der Waals surface area contributed by atoms with E-state index in [2.05, 4.69) is 4.85 Å². The molecule has 0 bridgehead atoms. The summed E-state index contributed by atoms with van der Waals surface area (Å²) in [6.07, 6.45) is -11.6. The highest BCUT2D eigenvalue weighted by atomic mass is 19.4. The standard InChI is InChI=1S/C9H2F6N2/c1-17-7-4(3-16)5(8(10,11)12)2-6(7)9(13,14)15/h2H2. The minimum atomic E-state index is -5.05. The van der Waals surface area contributed by atoms with Crippen molar-refractivity contribution in [2.24, 2.45) is 0 Å². The number of nitriles is 1. The summed E-state index contributed by atoms with van der Waals surface area (Å²) in [6.45, 7) is 6.45. The van der Waals surface area contributed by atoms with Crippen molar-refractivity contribution in [2.75, 3.05) is 0 Å². The minimum Gasteiger partial charge on any atom is -0.236 e. The Morgan fingerprint density at radius 2 is 1.53 bits per heavy atom. The predicted molar refractivity (Wildman–Crippen MR) is 43.0 cm³/mol. The van der Waals surface area contributed by atoms with Gasteiger partial charge in [-0.3, -0.25) is 0 Å². The van der Waals surface area contributed by atoms with Crippen LogP contribution in [0.4, 0.5) is 26.3 Å². The number of alkyl halides is 6. The van der Waals surface area contributed by atoms with Gasteiger partial charge in [0.25, 0.3) is 0 Å². The number of hydrogen-bond donors (Lipinski definition) is 0. The summed E-state index contributed by atoms with van der Waals surface area (Å²) in [6, 6.07) is 1.01. The molecule has 1 aliphatic rings. The van der Waals surface area contributed by atoms with Crippen molar-refractivity contribution >= 4 is 0 Å². The molecule has 2 nitrogen and oxygen atoms in total. The summed E-state index contributed by atoms with van der Waals surface area (Å²) in [5.74, 6) is 0. The zero-order valence-corrected chi connectivity index (χ0v) is 7.87. The van der Waals surface area contributed by atoms with Gasteiger partial charge in [-0.2, -0.15) is 31.6 Å². The normalized spacial score (nSPS) is 17.2. The highest BCUT2D eigenvalue weighted by Gasteiger charge is 2.48. The van der Waals surface area contributed by atoms with Crippen molar-refractivity contribution in [2.45, 2.75) is 18.8 Å². The third kappa shape index (κ3) is 2.26. The molecule has 0 aromatic carbocycles. The first kappa shape index (κ1) is 13.1. The highest BCUT2D eigenvalue weighted by molar-refractivity contribution is 5.59. The Morgan fingerprint density at radius 1 is 1.06 bits per heavy atom. The largest absolute Gasteiger partial charge is 0.413 e. The fraction of sp³-hybridized carbons (Fsp3) is 0.333. The van der Waals surface area contributed by atoms with Crippen LogP contribution in [-0.2, 0) is 0 Å². The third-order valence-corrected chi connectivity index (χ3v) is 2.09. The van der Waals surface area contributed by atoms with Crippen molar-refractivity contribution in [1.29, 1.82) is 5.26 Å². The Balaban J connectivity index is 3.41. The van der Waals surface area contributed by atoms with E-state index in [0.717, 1.165) is 6.07 Å². The van der Waals surface area contributed by atoms with E-state index < -0.39 is 41.2 Å². The summed E-state index contributed by atoms with van der Waals surface area (Å²) >= 11 is 0. The Labute approximate surface area is 91.3 Å². The van der Waals surface area contributed by atoms with E-state index in [1.165, 1.54) is 0 Å². The van der Waals surface area contributed by atoms with Gasteiger partial charge in [-0.15, -0.1) is 0 Å². The van der Waals surface area contributed by atoms with E-state index in [9.17, 15) is 26.3 Å². The van der Waals surface area contributed by atoms with E-state index >= 15 is 0 Å². The van der Waals surface area contributed by atoms with Gasteiger partial charge >= 0.3 is 12.4 Å². The summed E-state index contributed by atoms with van der Waals surface area (Å²) in [4.78, 5) is 2.38. The topological polar surface area (TPSA) is 28.1 Å². The molecule has 0 aromatic heterocycles. The molecule has 0 radical (unpaired) electrons. The van der Waals surface area contributed by atoms with Crippen molar-refractivity contribution < 1.29 is 26.3 Å². The van der Waals surface area contributed by atoms with Gasteiger partial charge in [0, 0.05) is 11.1 Å². The molecular weight excluding hydrogens is 250 g/mol. The van der Waals surface area contributed by atoms with E-state index in [0.29, 0.717) is 0 Å². The van der Waals surface area contributed by atoms with Crippen LogP contribution in [0, 0.1) is 17.9 Å². The molecule has 0 fully saturated rings. The van der Waals surface area contributed by atoms with Gasteiger partial charge in [-0.05, 0) is 6.42 Å². The molecule has 1 aliphatic carbocycles. The quantitative estimate of drug-likeness (QED) is 0.479. The molecular formula is C9H2F6N2. The van der Waals surface area contributed by atoms with Gasteiger partial charge in [-0.25, -0.2) is 4.85 Å². The number of halogens is 6. The van der Waals surface area contributed by atoms with Crippen LogP contribution in [0.5, 0.6) is 0 Å². The first-order valence-electron chi connectivity index (χ1n) is 4.01. The molecule has 0 spiro atoms. The Bertz CT molecular complexity index is 446. The molecule has 0 saturated heterocycles. The van der Waals surface area contributed by atoms with Crippen LogP contribution in [0.1, 0.15) is 6.42 Å². The lowest BCUT2D eigenvalue weighted by atomic mass is 10.1. The summed E-state index contributed by atoms with van der Waals surface area (Å²) in [5, 5.41) is 8.43. The molecule has 0 atom stereocenters. The average Bonchev–Trinajstić information content (AvgIpc) is 2.54. The van der Waals surface area contributed by atoms with Crippen molar-refractivity contribution in [3.8, 4) is 6.07 Å². The molecule has 90 valence electrons. The number of rotatable bonds is 0. The highest BCUT2D eigenvalue weighted by Crippen LogP contribution is 2.47. The van der Waals surface area contributed by atoms with E-state index in [4.69, 9.17) is 11.8 Å². The summed E-state index contributed by atoms with van der Waals surface area (Å²) < 4.78 is 74.2. The van der Waals surface area contributed by atoms with Crippen LogP contribution in [0.25, 0.3) is 4.85 Å². The number of hydrogen-bond acceptors (Lipinski definition) is 1. The SMILES string of the molecule is [C-]#[N+]C1=C(C(F)(F)F)CC(C(F)(F)F)=C1C#N. The maximum absolute atomic E-state index is 12.4. The van der Waals surface area contributed by atoms with E-state index in [-0.39, 0.29) is 0 Å². The molecule has 0 aliphatic heterocycles. The molecule has 0 aromatic rings. The summed E-state index contributed by atoms with van der Waals surface area (Å²) in [5.41, 5.74) is -5.72. The molecule has 0 heterocycles. The fourth-order valence-electron chi connectivity index (χ4n) is 1.36. The first-order valence-corrected chi connectivity index (χ1v) is 4.01. The average molecular weight is 252 g/mol. The van der Waals surface area contributed by atoms with Crippen LogP contribution < -0.4 is 0 Å². The smallest absolute Gasteiger partial charge is 0.236 e. The van der Waals surface area contributed by atoms with E-state index in [1.807, 2.05) is 0 Å². The Hall–Kier alpha value is -1.96. The lowest BCUT2D eigenvalue weighted by Gasteiger charge is -2.11. The van der Waals surface area contributed by atoms with Crippen LogP contribution in [0.2, 0.25) is 0 Å². The van der Waals surface area contributed by atoms with Gasteiger partial charge in [0.05, 0.1) is 18.2 Å². The van der Waals surface area contributed by atoms with Gasteiger partial charge in [0.15, 0.2) is 0 Å². The van der Waals surface area contributed by atoms with Crippen LogP contribution >= 0.6 is 0 Å². The molecule has 0 amide bonds. The second kappa shape index (κ2) is 3.81. The van der Waals surface area contributed by atoms with Crippen LogP contribution in [0.3, 0.4) is 0 Å². The number of nitrogens with zero attached hydrogens (tertiary/aromatic N) is 2. The Morgan fingerprint density at radius 3 is 1.82 bits per heavy atom.